The topological polar surface area (TPSA) is 59.9 Å². The van der Waals surface area contributed by atoms with Crippen LogP contribution in [0.25, 0.3) is 11.4 Å². The first-order chi connectivity index (χ1) is 10.3. The number of aryl methyl sites for hydroxylation is 1. The van der Waals surface area contributed by atoms with Crippen LogP contribution in [0.3, 0.4) is 0 Å². The van der Waals surface area contributed by atoms with Crippen LogP contribution in [0.15, 0.2) is 30.6 Å². The largest absolute Gasteiger partial charge is 0.381 e. The van der Waals surface area contributed by atoms with Gasteiger partial charge in [0.1, 0.15) is 5.82 Å². The van der Waals surface area contributed by atoms with Crippen molar-refractivity contribution in [2.24, 2.45) is 5.92 Å². The van der Waals surface area contributed by atoms with E-state index in [1.165, 1.54) is 0 Å². The maximum Gasteiger partial charge on any atom is 0.163 e. The minimum Gasteiger partial charge on any atom is -0.381 e. The van der Waals surface area contributed by atoms with Gasteiger partial charge in [-0.1, -0.05) is 0 Å². The quantitative estimate of drug-likeness (QED) is 0.935. The molecule has 2 aromatic heterocycles. The Hall–Kier alpha value is -2.01. The van der Waals surface area contributed by atoms with Gasteiger partial charge < -0.3 is 10.1 Å². The summed E-state index contributed by atoms with van der Waals surface area (Å²) in [6, 6.07) is 5.86. The van der Waals surface area contributed by atoms with Crippen LogP contribution in [0.5, 0.6) is 0 Å². The molecule has 1 aliphatic heterocycles. The summed E-state index contributed by atoms with van der Waals surface area (Å²) in [7, 11) is 0. The van der Waals surface area contributed by atoms with Crippen LogP contribution in [0.4, 0.5) is 5.82 Å². The molecule has 0 unspecified atom stereocenters. The molecule has 1 fully saturated rings. The first kappa shape index (κ1) is 13.9. The second kappa shape index (κ2) is 6.63. The summed E-state index contributed by atoms with van der Waals surface area (Å²) in [6.45, 7) is 4.67. The van der Waals surface area contributed by atoms with E-state index in [2.05, 4.69) is 20.3 Å². The van der Waals surface area contributed by atoms with Gasteiger partial charge in [0.25, 0.3) is 0 Å². The second-order valence-electron chi connectivity index (χ2n) is 5.40. The Morgan fingerprint density at radius 1 is 1.29 bits per heavy atom. The standard InChI is InChI=1S/C16H20N4O/c1-12-9-15(18-10-13-4-7-21-8-5-13)20-16(19-12)14-3-2-6-17-11-14/h2-3,6,9,11,13H,4-5,7-8,10H2,1H3,(H,18,19,20). The van der Waals surface area contributed by atoms with Gasteiger partial charge in [-0.15, -0.1) is 0 Å². The van der Waals surface area contributed by atoms with Crippen molar-refractivity contribution in [3.05, 3.63) is 36.3 Å². The smallest absolute Gasteiger partial charge is 0.163 e. The van der Waals surface area contributed by atoms with Crippen LogP contribution >= 0.6 is 0 Å². The van der Waals surface area contributed by atoms with Gasteiger partial charge in [-0.25, -0.2) is 9.97 Å². The molecule has 0 bridgehead atoms. The maximum atomic E-state index is 5.39. The maximum absolute atomic E-state index is 5.39. The van der Waals surface area contributed by atoms with Crippen molar-refractivity contribution >= 4 is 5.82 Å². The van der Waals surface area contributed by atoms with Gasteiger partial charge in [-0.05, 0) is 37.8 Å². The summed E-state index contributed by atoms with van der Waals surface area (Å²) >= 11 is 0. The highest BCUT2D eigenvalue weighted by molar-refractivity contribution is 5.56. The molecule has 0 atom stereocenters. The summed E-state index contributed by atoms with van der Waals surface area (Å²) in [5.74, 6) is 2.27. The number of rotatable bonds is 4. The van der Waals surface area contributed by atoms with Crippen LogP contribution in [-0.2, 0) is 4.74 Å². The Morgan fingerprint density at radius 3 is 2.90 bits per heavy atom. The number of ether oxygens (including phenoxy) is 1. The van der Waals surface area contributed by atoms with E-state index in [1.807, 2.05) is 25.1 Å². The summed E-state index contributed by atoms with van der Waals surface area (Å²) in [5.41, 5.74) is 1.90. The molecular formula is C16H20N4O. The fraction of sp³-hybridized carbons (Fsp3) is 0.438. The van der Waals surface area contributed by atoms with Crippen molar-refractivity contribution in [1.82, 2.24) is 15.0 Å². The van der Waals surface area contributed by atoms with Crippen molar-refractivity contribution in [3.63, 3.8) is 0 Å². The van der Waals surface area contributed by atoms with Gasteiger partial charge in [0.2, 0.25) is 0 Å². The molecule has 3 heterocycles. The summed E-state index contributed by atoms with van der Waals surface area (Å²) in [6.07, 6.45) is 5.78. The van der Waals surface area contributed by atoms with Gasteiger partial charge in [-0.2, -0.15) is 0 Å². The fourth-order valence-electron chi connectivity index (χ4n) is 2.48. The monoisotopic (exact) mass is 284 g/mol. The molecule has 0 aromatic carbocycles. The van der Waals surface area contributed by atoms with Crippen LogP contribution in [0.1, 0.15) is 18.5 Å². The van der Waals surface area contributed by atoms with Gasteiger partial charge in [0.05, 0.1) is 0 Å². The van der Waals surface area contributed by atoms with Crippen molar-refractivity contribution in [2.75, 3.05) is 25.1 Å². The third kappa shape index (κ3) is 3.76. The molecule has 110 valence electrons. The lowest BCUT2D eigenvalue weighted by Gasteiger charge is -2.22. The van der Waals surface area contributed by atoms with Crippen LogP contribution in [0, 0.1) is 12.8 Å². The van der Waals surface area contributed by atoms with E-state index in [4.69, 9.17) is 4.74 Å². The predicted octanol–water partition coefficient (Wildman–Crippen LogP) is 2.69. The van der Waals surface area contributed by atoms with Gasteiger partial charge >= 0.3 is 0 Å². The van der Waals surface area contributed by atoms with Gasteiger partial charge in [0, 0.05) is 49.5 Å². The van der Waals surface area contributed by atoms with E-state index < -0.39 is 0 Å². The number of nitrogens with one attached hydrogen (secondary N) is 1. The number of hydrogen-bond acceptors (Lipinski definition) is 5. The minimum absolute atomic E-state index is 0.663. The summed E-state index contributed by atoms with van der Waals surface area (Å²) < 4.78 is 5.39. The number of hydrogen-bond donors (Lipinski definition) is 1. The number of pyridine rings is 1. The molecule has 3 rings (SSSR count). The first-order valence-electron chi connectivity index (χ1n) is 7.39. The molecule has 5 nitrogen and oxygen atoms in total. The zero-order valence-corrected chi connectivity index (χ0v) is 12.2. The molecule has 0 radical (unpaired) electrons. The molecule has 0 amide bonds. The Morgan fingerprint density at radius 2 is 2.14 bits per heavy atom. The predicted molar refractivity (Wildman–Crippen MR) is 82.0 cm³/mol. The zero-order chi connectivity index (χ0) is 14.5. The average molecular weight is 284 g/mol. The SMILES string of the molecule is Cc1cc(NCC2CCOCC2)nc(-c2cccnc2)n1. The molecule has 0 aliphatic carbocycles. The fourth-order valence-corrected chi connectivity index (χ4v) is 2.48. The second-order valence-corrected chi connectivity index (χ2v) is 5.40. The lowest BCUT2D eigenvalue weighted by molar-refractivity contribution is 0.0699. The van der Waals surface area contributed by atoms with Crippen molar-refractivity contribution < 1.29 is 4.74 Å². The van der Waals surface area contributed by atoms with E-state index in [-0.39, 0.29) is 0 Å². The summed E-state index contributed by atoms with van der Waals surface area (Å²) in [5, 5.41) is 3.44. The highest BCUT2D eigenvalue weighted by Crippen LogP contribution is 2.19. The molecule has 5 heteroatoms. The third-order valence-corrected chi connectivity index (χ3v) is 3.69. The highest BCUT2D eigenvalue weighted by Gasteiger charge is 2.14. The minimum atomic E-state index is 0.663. The Labute approximate surface area is 124 Å². The van der Waals surface area contributed by atoms with Crippen LogP contribution in [0.2, 0.25) is 0 Å². The van der Waals surface area contributed by atoms with Gasteiger partial charge in [-0.3, -0.25) is 4.98 Å². The van der Waals surface area contributed by atoms with Gasteiger partial charge in [0.15, 0.2) is 5.82 Å². The van der Waals surface area contributed by atoms with Crippen LogP contribution in [-0.4, -0.2) is 34.7 Å². The average Bonchev–Trinajstić information content (AvgIpc) is 2.54. The number of nitrogens with zero attached hydrogens (tertiary/aromatic N) is 3. The van der Waals surface area contributed by atoms with E-state index in [1.54, 1.807) is 12.4 Å². The van der Waals surface area contributed by atoms with Crippen LogP contribution < -0.4 is 5.32 Å². The van der Waals surface area contributed by atoms with E-state index in [9.17, 15) is 0 Å². The lowest BCUT2D eigenvalue weighted by atomic mass is 10.0. The highest BCUT2D eigenvalue weighted by atomic mass is 16.5. The summed E-state index contributed by atoms with van der Waals surface area (Å²) in [4.78, 5) is 13.2. The molecule has 21 heavy (non-hydrogen) atoms. The molecule has 1 N–H and O–H groups in total. The molecule has 2 aromatic rings. The number of aromatic nitrogens is 3. The van der Waals surface area contributed by atoms with E-state index >= 15 is 0 Å². The van der Waals surface area contributed by atoms with E-state index in [0.29, 0.717) is 5.92 Å². The number of anilines is 1. The lowest BCUT2D eigenvalue weighted by Crippen LogP contribution is -2.23. The molecular weight excluding hydrogens is 264 g/mol. The molecule has 1 saturated heterocycles. The van der Waals surface area contributed by atoms with Crippen molar-refractivity contribution in [2.45, 2.75) is 19.8 Å². The normalized spacial score (nSPS) is 15.9. The zero-order valence-electron chi connectivity index (χ0n) is 12.2. The first-order valence-corrected chi connectivity index (χ1v) is 7.39. The third-order valence-electron chi connectivity index (χ3n) is 3.69. The van der Waals surface area contributed by atoms with Crippen molar-refractivity contribution in [3.8, 4) is 11.4 Å². The Bertz CT molecular complexity index is 582. The molecule has 1 aliphatic rings. The Kier molecular flexibility index (Phi) is 4.40. The van der Waals surface area contributed by atoms with Crippen molar-refractivity contribution in [1.29, 1.82) is 0 Å². The molecule has 0 spiro atoms. The Balaban J connectivity index is 1.72. The van der Waals surface area contributed by atoms with E-state index in [0.717, 1.165) is 55.5 Å². The molecule has 0 saturated carbocycles.